The maximum atomic E-state index is 12.3. The van der Waals surface area contributed by atoms with E-state index in [1.165, 1.54) is 19.3 Å². The Labute approximate surface area is 103 Å². The van der Waals surface area contributed by atoms with Gasteiger partial charge in [0.05, 0.1) is 0 Å². The van der Waals surface area contributed by atoms with Gasteiger partial charge in [0, 0.05) is 38.1 Å². The number of carbonyl (C=O) groups excluding carboxylic acids is 1. The van der Waals surface area contributed by atoms with Gasteiger partial charge in [0.1, 0.15) is 0 Å². The summed E-state index contributed by atoms with van der Waals surface area (Å²) in [5, 5.41) is 0. The fourth-order valence-electron chi connectivity index (χ4n) is 2.94. The summed E-state index contributed by atoms with van der Waals surface area (Å²) in [7, 11) is 1.92. The van der Waals surface area contributed by atoms with Crippen molar-refractivity contribution in [3.05, 3.63) is 0 Å². The average Bonchev–Trinajstić information content (AvgIpc) is 2.33. The van der Waals surface area contributed by atoms with Crippen LogP contribution in [-0.4, -0.2) is 44.2 Å². The zero-order valence-electron chi connectivity index (χ0n) is 10.8. The number of amides is 1. The first-order valence-electron chi connectivity index (χ1n) is 6.70. The summed E-state index contributed by atoms with van der Waals surface area (Å²) < 4.78 is 5.29. The van der Waals surface area contributed by atoms with Crippen LogP contribution in [0.15, 0.2) is 0 Å². The van der Waals surface area contributed by atoms with E-state index in [2.05, 4.69) is 0 Å². The molecule has 1 amide bonds. The standard InChI is InChI=1S/C13H24N2O2/c1-15(10-13(9-14)5-2-6-13)12(16)11-3-7-17-8-4-11/h11H,2-10,14H2,1H3. The molecule has 2 rings (SSSR count). The molecule has 4 heteroatoms. The van der Waals surface area contributed by atoms with Crippen LogP contribution in [0.4, 0.5) is 0 Å². The number of hydrogen-bond acceptors (Lipinski definition) is 3. The van der Waals surface area contributed by atoms with Crippen molar-refractivity contribution in [3.8, 4) is 0 Å². The molecule has 0 aromatic rings. The van der Waals surface area contributed by atoms with Gasteiger partial charge >= 0.3 is 0 Å². The predicted molar refractivity (Wildman–Crippen MR) is 66.5 cm³/mol. The molecule has 2 fully saturated rings. The molecule has 0 spiro atoms. The van der Waals surface area contributed by atoms with E-state index in [1.807, 2.05) is 11.9 Å². The Hall–Kier alpha value is -0.610. The molecule has 2 aliphatic rings. The van der Waals surface area contributed by atoms with Gasteiger partial charge in [0.2, 0.25) is 5.91 Å². The van der Waals surface area contributed by atoms with Gasteiger partial charge in [-0.3, -0.25) is 4.79 Å². The molecule has 0 bridgehead atoms. The lowest BCUT2D eigenvalue weighted by molar-refractivity contribution is -0.139. The van der Waals surface area contributed by atoms with E-state index in [1.54, 1.807) is 0 Å². The molecule has 1 saturated heterocycles. The highest BCUT2D eigenvalue weighted by atomic mass is 16.5. The van der Waals surface area contributed by atoms with Gasteiger partial charge < -0.3 is 15.4 Å². The van der Waals surface area contributed by atoms with Crippen LogP contribution in [0.25, 0.3) is 0 Å². The quantitative estimate of drug-likeness (QED) is 0.797. The minimum Gasteiger partial charge on any atom is -0.381 e. The first-order valence-corrected chi connectivity index (χ1v) is 6.70. The molecule has 0 unspecified atom stereocenters. The van der Waals surface area contributed by atoms with Crippen LogP contribution >= 0.6 is 0 Å². The molecule has 98 valence electrons. The third-order valence-corrected chi connectivity index (χ3v) is 4.37. The number of nitrogens with zero attached hydrogens (tertiary/aromatic N) is 1. The van der Waals surface area contributed by atoms with E-state index >= 15 is 0 Å². The Morgan fingerprint density at radius 2 is 2.06 bits per heavy atom. The lowest BCUT2D eigenvalue weighted by Crippen LogP contribution is -2.49. The zero-order valence-corrected chi connectivity index (χ0v) is 10.8. The van der Waals surface area contributed by atoms with Gasteiger partial charge in [-0.05, 0) is 32.2 Å². The van der Waals surface area contributed by atoms with Crippen molar-refractivity contribution in [2.24, 2.45) is 17.1 Å². The van der Waals surface area contributed by atoms with Crippen molar-refractivity contribution < 1.29 is 9.53 Å². The summed E-state index contributed by atoms with van der Waals surface area (Å²) in [6, 6.07) is 0. The highest BCUT2D eigenvalue weighted by Crippen LogP contribution is 2.40. The molecular formula is C13H24N2O2. The molecule has 1 heterocycles. The topological polar surface area (TPSA) is 55.6 Å². The summed E-state index contributed by atoms with van der Waals surface area (Å²) in [5.74, 6) is 0.455. The summed E-state index contributed by atoms with van der Waals surface area (Å²) in [6.07, 6.45) is 5.36. The number of ether oxygens (including phenoxy) is 1. The summed E-state index contributed by atoms with van der Waals surface area (Å²) in [5.41, 5.74) is 6.06. The molecular weight excluding hydrogens is 216 g/mol. The third-order valence-electron chi connectivity index (χ3n) is 4.37. The SMILES string of the molecule is CN(CC1(CN)CCC1)C(=O)C1CCOCC1. The molecule has 1 saturated carbocycles. The van der Waals surface area contributed by atoms with E-state index < -0.39 is 0 Å². The minimum atomic E-state index is 0.170. The van der Waals surface area contributed by atoms with Gasteiger partial charge in [0.15, 0.2) is 0 Å². The summed E-state index contributed by atoms with van der Waals surface area (Å²) in [4.78, 5) is 14.2. The second kappa shape index (κ2) is 5.36. The van der Waals surface area contributed by atoms with Crippen LogP contribution in [0.1, 0.15) is 32.1 Å². The second-order valence-electron chi connectivity index (χ2n) is 5.64. The van der Waals surface area contributed by atoms with Crippen LogP contribution in [0.3, 0.4) is 0 Å². The van der Waals surface area contributed by atoms with Crippen molar-refractivity contribution in [1.82, 2.24) is 4.90 Å². The Kier molecular flexibility index (Phi) is 4.05. The molecule has 0 radical (unpaired) electrons. The highest BCUT2D eigenvalue weighted by Gasteiger charge is 2.38. The van der Waals surface area contributed by atoms with Crippen molar-refractivity contribution in [3.63, 3.8) is 0 Å². The van der Waals surface area contributed by atoms with Crippen LogP contribution in [-0.2, 0) is 9.53 Å². The molecule has 0 aromatic heterocycles. The molecule has 17 heavy (non-hydrogen) atoms. The van der Waals surface area contributed by atoms with Gasteiger partial charge in [-0.2, -0.15) is 0 Å². The largest absolute Gasteiger partial charge is 0.381 e. The normalized spacial score (nSPS) is 24.1. The monoisotopic (exact) mass is 240 g/mol. The summed E-state index contributed by atoms with van der Waals surface area (Å²) >= 11 is 0. The van der Waals surface area contributed by atoms with E-state index in [4.69, 9.17) is 10.5 Å². The van der Waals surface area contributed by atoms with Gasteiger partial charge in [-0.15, -0.1) is 0 Å². The lowest BCUT2D eigenvalue weighted by atomic mass is 9.68. The van der Waals surface area contributed by atoms with Crippen LogP contribution < -0.4 is 5.73 Å². The Morgan fingerprint density at radius 3 is 2.53 bits per heavy atom. The maximum absolute atomic E-state index is 12.3. The number of nitrogens with two attached hydrogens (primary N) is 1. The van der Waals surface area contributed by atoms with E-state index in [-0.39, 0.29) is 17.2 Å². The maximum Gasteiger partial charge on any atom is 0.225 e. The fourth-order valence-corrected chi connectivity index (χ4v) is 2.94. The van der Waals surface area contributed by atoms with Crippen LogP contribution in [0.2, 0.25) is 0 Å². The molecule has 0 aromatic carbocycles. The average molecular weight is 240 g/mol. The van der Waals surface area contributed by atoms with Crippen molar-refractivity contribution in [1.29, 1.82) is 0 Å². The number of carbonyl (C=O) groups is 1. The molecule has 0 atom stereocenters. The van der Waals surface area contributed by atoms with E-state index in [9.17, 15) is 4.79 Å². The first kappa shape index (κ1) is 12.8. The van der Waals surface area contributed by atoms with Gasteiger partial charge in [-0.25, -0.2) is 0 Å². The Bertz CT molecular complexity index is 265. The molecule has 1 aliphatic carbocycles. The highest BCUT2D eigenvalue weighted by molar-refractivity contribution is 5.78. The van der Waals surface area contributed by atoms with Gasteiger partial charge in [0.25, 0.3) is 0 Å². The second-order valence-corrected chi connectivity index (χ2v) is 5.64. The van der Waals surface area contributed by atoms with Crippen molar-refractivity contribution in [2.75, 3.05) is 33.4 Å². The molecule has 1 aliphatic heterocycles. The smallest absolute Gasteiger partial charge is 0.225 e. The number of rotatable bonds is 4. The summed E-state index contributed by atoms with van der Waals surface area (Å²) in [6.45, 7) is 3.00. The molecule has 4 nitrogen and oxygen atoms in total. The van der Waals surface area contributed by atoms with Gasteiger partial charge in [-0.1, -0.05) is 6.42 Å². The third kappa shape index (κ3) is 2.80. The minimum absolute atomic E-state index is 0.170. The predicted octanol–water partition coefficient (Wildman–Crippen LogP) is 1.00. The Balaban J connectivity index is 1.85. The lowest BCUT2D eigenvalue weighted by Gasteiger charge is -2.44. The van der Waals surface area contributed by atoms with Crippen molar-refractivity contribution >= 4 is 5.91 Å². The van der Waals surface area contributed by atoms with Crippen LogP contribution in [0.5, 0.6) is 0 Å². The molecule has 2 N–H and O–H groups in total. The van der Waals surface area contributed by atoms with Crippen LogP contribution in [0, 0.1) is 11.3 Å². The Morgan fingerprint density at radius 1 is 1.41 bits per heavy atom. The fraction of sp³-hybridized carbons (Fsp3) is 0.923. The van der Waals surface area contributed by atoms with E-state index in [0.29, 0.717) is 6.54 Å². The van der Waals surface area contributed by atoms with Crippen molar-refractivity contribution in [2.45, 2.75) is 32.1 Å². The first-order chi connectivity index (χ1) is 8.17. The van der Waals surface area contributed by atoms with E-state index in [0.717, 1.165) is 32.6 Å². The number of hydrogen-bond donors (Lipinski definition) is 1. The zero-order chi connectivity index (χ0) is 12.3.